The van der Waals surface area contributed by atoms with Gasteiger partial charge in [0.15, 0.2) is 0 Å². The van der Waals surface area contributed by atoms with Gasteiger partial charge in [-0.2, -0.15) is 0 Å². The summed E-state index contributed by atoms with van der Waals surface area (Å²) in [4.78, 5) is 13.1. The standard InChI is InChI=1S/C9H18N2O2/c1-7(2)13-9(12)11-5-3-4-8(10)6-11/h7-8H,3-6,10H2,1-2H3/t8-/m0/s1. The molecule has 1 aliphatic rings. The van der Waals surface area contributed by atoms with Crippen LogP contribution in [0.1, 0.15) is 26.7 Å². The van der Waals surface area contributed by atoms with Gasteiger partial charge in [0.05, 0.1) is 6.10 Å². The summed E-state index contributed by atoms with van der Waals surface area (Å²) in [5, 5.41) is 0. The predicted octanol–water partition coefficient (Wildman–Crippen LogP) is 0.955. The molecular formula is C9H18N2O2. The van der Waals surface area contributed by atoms with Crippen LogP contribution in [0.2, 0.25) is 0 Å². The number of likely N-dealkylation sites (tertiary alicyclic amines) is 1. The summed E-state index contributed by atoms with van der Waals surface area (Å²) in [5.74, 6) is 0. The lowest BCUT2D eigenvalue weighted by Gasteiger charge is -2.30. The fourth-order valence-electron chi connectivity index (χ4n) is 1.45. The molecule has 0 aromatic heterocycles. The third-order valence-corrected chi connectivity index (χ3v) is 2.05. The molecule has 13 heavy (non-hydrogen) atoms. The quantitative estimate of drug-likeness (QED) is 0.663. The van der Waals surface area contributed by atoms with Crippen LogP contribution in [0.4, 0.5) is 4.79 Å². The van der Waals surface area contributed by atoms with Crippen LogP contribution in [-0.4, -0.2) is 36.2 Å². The Labute approximate surface area is 79.0 Å². The maximum Gasteiger partial charge on any atom is 0.410 e. The van der Waals surface area contributed by atoms with Gasteiger partial charge in [-0.3, -0.25) is 0 Å². The topological polar surface area (TPSA) is 55.6 Å². The maximum atomic E-state index is 11.4. The summed E-state index contributed by atoms with van der Waals surface area (Å²) in [6, 6.07) is 0.119. The number of rotatable bonds is 1. The Morgan fingerprint density at radius 3 is 2.85 bits per heavy atom. The molecule has 0 aromatic carbocycles. The zero-order valence-corrected chi connectivity index (χ0v) is 8.32. The Balaban J connectivity index is 2.37. The number of nitrogens with zero attached hydrogens (tertiary/aromatic N) is 1. The van der Waals surface area contributed by atoms with Gasteiger partial charge in [-0.1, -0.05) is 0 Å². The van der Waals surface area contributed by atoms with Crippen LogP contribution in [0, 0.1) is 0 Å². The van der Waals surface area contributed by atoms with Crippen molar-refractivity contribution in [2.75, 3.05) is 13.1 Å². The van der Waals surface area contributed by atoms with E-state index in [9.17, 15) is 4.79 Å². The number of piperidine rings is 1. The second-order valence-electron chi connectivity index (χ2n) is 3.78. The van der Waals surface area contributed by atoms with E-state index in [-0.39, 0.29) is 18.2 Å². The van der Waals surface area contributed by atoms with Crippen LogP contribution >= 0.6 is 0 Å². The molecule has 1 heterocycles. The summed E-state index contributed by atoms with van der Waals surface area (Å²) in [6.07, 6.45) is 1.70. The minimum absolute atomic E-state index is 0.0503. The zero-order valence-electron chi connectivity index (χ0n) is 8.32. The molecule has 0 aromatic rings. The van der Waals surface area contributed by atoms with E-state index in [1.165, 1.54) is 0 Å². The lowest BCUT2D eigenvalue weighted by atomic mass is 10.1. The highest BCUT2D eigenvalue weighted by Crippen LogP contribution is 2.10. The van der Waals surface area contributed by atoms with E-state index in [0.717, 1.165) is 19.4 Å². The highest BCUT2D eigenvalue weighted by molar-refractivity contribution is 5.67. The van der Waals surface area contributed by atoms with Gasteiger partial charge < -0.3 is 15.4 Å². The Hall–Kier alpha value is -0.770. The number of hydrogen-bond acceptors (Lipinski definition) is 3. The van der Waals surface area contributed by atoms with Gasteiger partial charge in [0.25, 0.3) is 0 Å². The smallest absolute Gasteiger partial charge is 0.410 e. The lowest BCUT2D eigenvalue weighted by molar-refractivity contribution is 0.0685. The van der Waals surface area contributed by atoms with Crippen LogP contribution in [0.15, 0.2) is 0 Å². The van der Waals surface area contributed by atoms with Crippen molar-refractivity contribution in [3.63, 3.8) is 0 Å². The van der Waals surface area contributed by atoms with E-state index in [1.54, 1.807) is 4.90 Å². The SMILES string of the molecule is CC(C)OC(=O)N1CCC[C@H](N)C1. The predicted molar refractivity (Wildman–Crippen MR) is 50.4 cm³/mol. The molecule has 0 bridgehead atoms. The summed E-state index contributed by atoms with van der Waals surface area (Å²) in [5.41, 5.74) is 5.74. The largest absolute Gasteiger partial charge is 0.447 e. The molecule has 4 heteroatoms. The maximum absolute atomic E-state index is 11.4. The average Bonchev–Trinajstić information content (AvgIpc) is 2.03. The summed E-state index contributed by atoms with van der Waals surface area (Å²) >= 11 is 0. The van der Waals surface area contributed by atoms with Crippen LogP contribution in [-0.2, 0) is 4.74 Å². The molecule has 2 N–H and O–H groups in total. The number of hydrogen-bond donors (Lipinski definition) is 1. The van der Waals surface area contributed by atoms with E-state index in [2.05, 4.69) is 0 Å². The first kappa shape index (κ1) is 10.3. The third-order valence-electron chi connectivity index (χ3n) is 2.05. The van der Waals surface area contributed by atoms with Crippen LogP contribution < -0.4 is 5.73 Å². The average molecular weight is 186 g/mol. The highest BCUT2D eigenvalue weighted by Gasteiger charge is 2.22. The van der Waals surface area contributed by atoms with Crippen molar-refractivity contribution in [2.45, 2.75) is 38.8 Å². The molecule has 0 unspecified atom stereocenters. The van der Waals surface area contributed by atoms with Gasteiger partial charge in [0.2, 0.25) is 0 Å². The second-order valence-corrected chi connectivity index (χ2v) is 3.78. The Morgan fingerprint density at radius 2 is 2.31 bits per heavy atom. The zero-order chi connectivity index (χ0) is 9.84. The van der Waals surface area contributed by atoms with Gasteiger partial charge in [-0.05, 0) is 26.7 Å². The Bertz CT molecular complexity index is 182. The van der Waals surface area contributed by atoms with E-state index in [4.69, 9.17) is 10.5 Å². The summed E-state index contributed by atoms with van der Waals surface area (Å²) < 4.78 is 5.07. The normalized spacial score (nSPS) is 23.4. The molecule has 1 rings (SSSR count). The highest BCUT2D eigenvalue weighted by atomic mass is 16.6. The van der Waals surface area contributed by atoms with Gasteiger partial charge >= 0.3 is 6.09 Å². The molecule has 76 valence electrons. The van der Waals surface area contributed by atoms with E-state index in [1.807, 2.05) is 13.8 Å². The molecule has 4 nitrogen and oxygen atoms in total. The molecule has 1 fully saturated rings. The van der Waals surface area contributed by atoms with Crippen molar-refractivity contribution in [1.82, 2.24) is 4.90 Å². The van der Waals surface area contributed by atoms with Crippen molar-refractivity contribution < 1.29 is 9.53 Å². The first-order chi connectivity index (χ1) is 6.09. The minimum atomic E-state index is -0.231. The number of nitrogens with two attached hydrogens (primary N) is 1. The van der Waals surface area contributed by atoms with Crippen molar-refractivity contribution >= 4 is 6.09 Å². The van der Waals surface area contributed by atoms with Gasteiger partial charge in [0.1, 0.15) is 0 Å². The first-order valence-corrected chi connectivity index (χ1v) is 4.80. The van der Waals surface area contributed by atoms with Crippen molar-refractivity contribution in [2.24, 2.45) is 5.73 Å². The molecule has 0 saturated carbocycles. The number of carbonyl (C=O) groups is 1. The molecule has 0 spiro atoms. The fourth-order valence-corrected chi connectivity index (χ4v) is 1.45. The van der Waals surface area contributed by atoms with Crippen LogP contribution in [0.3, 0.4) is 0 Å². The van der Waals surface area contributed by atoms with Crippen molar-refractivity contribution in [1.29, 1.82) is 0 Å². The van der Waals surface area contributed by atoms with E-state index < -0.39 is 0 Å². The summed E-state index contributed by atoms with van der Waals surface area (Å²) in [6.45, 7) is 5.11. The molecule has 1 saturated heterocycles. The lowest BCUT2D eigenvalue weighted by Crippen LogP contribution is -2.46. The molecule has 0 radical (unpaired) electrons. The van der Waals surface area contributed by atoms with E-state index >= 15 is 0 Å². The molecule has 1 amide bonds. The summed E-state index contributed by atoms with van der Waals surface area (Å²) in [7, 11) is 0. The molecule has 1 aliphatic heterocycles. The first-order valence-electron chi connectivity index (χ1n) is 4.80. The number of carbonyl (C=O) groups excluding carboxylic acids is 1. The van der Waals surface area contributed by atoms with Gasteiger partial charge in [-0.15, -0.1) is 0 Å². The number of ether oxygens (including phenoxy) is 1. The molecule has 0 aliphatic carbocycles. The van der Waals surface area contributed by atoms with Gasteiger partial charge in [0, 0.05) is 19.1 Å². The fraction of sp³-hybridized carbons (Fsp3) is 0.889. The second kappa shape index (κ2) is 4.46. The van der Waals surface area contributed by atoms with Gasteiger partial charge in [-0.25, -0.2) is 4.79 Å². The van der Waals surface area contributed by atoms with Crippen molar-refractivity contribution in [3.8, 4) is 0 Å². The molecule has 1 atom stereocenters. The Kier molecular flexibility index (Phi) is 3.54. The van der Waals surface area contributed by atoms with E-state index in [0.29, 0.717) is 6.54 Å². The third kappa shape index (κ3) is 3.22. The van der Waals surface area contributed by atoms with Crippen LogP contribution in [0.25, 0.3) is 0 Å². The monoisotopic (exact) mass is 186 g/mol. The minimum Gasteiger partial charge on any atom is -0.447 e. The Morgan fingerprint density at radius 1 is 1.62 bits per heavy atom. The molecular weight excluding hydrogens is 168 g/mol. The van der Waals surface area contributed by atoms with Crippen LogP contribution in [0.5, 0.6) is 0 Å². The van der Waals surface area contributed by atoms with Crippen molar-refractivity contribution in [3.05, 3.63) is 0 Å². The number of amides is 1.